The van der Waals surface area contributed by atoms with Crippen LogP contribution in [0.1, 0.15) is 76.0 Å². The normalized spacial score (nSPS) is 11.4. The number of nitrogens with zero attached hydrogens (tertiary/aromatic N) is 3. The standard InChI is InChI=1S/C24H33N3O/c1-4-7-12-18-17-23(27-25-21-15-10-11-16-22(21)26-27)24(28)20(14-9-6-3)19(18)13-8-5-2/h10-11,15-17,28H,4-9,12-14H2,1-3H3. The minimum atomic E-state index is 0.361. The molecular weight excluding hydrogens is 346 g/mol. The summed E-state index contributed by atoms with van der Waals surface area (Å²) in [6.45, 7) is 6.66. The summed E-state index contributed by atoms with van der Waals surface area (Å²) < 4.78 is 0. The van der Waals surface area contributed by atoms with Crippen molar-refractivity contribution in [3.05, 3.63) is 47.0 Å². The fourth-order valence-corrected chi connectivity index (χ4v) is 3.81. The molecular formula is C24H33N3O. The van der Waals surface area contributed by atoms with Crippen molar-refractivity contribution in [2.45, 2.75) is 78.6 Å². The molecule has 0 saturated heterocycles. The van der Waals surface area contributed by atoms with Gasteiger partial charge in [-0.3, -0.25) is 0 Å². The van der Waals surface area contributed by atoms with E-state index in [0.29, 0.717) is 11.4 Å². The van der Waals surface area contributed by atoms with E-state index in [1.165, 1.54) is 11.1 Å². The number of fused-ring (bicyclic) bond motifs is 1. The van der Waals surface area contributed by atoms with Gasteiger partial charge in [0.25, 0.3) is 0 Å². The number of rotatable bonds is 10. The molecule has 0 aliphatic rings. The Kier molecular flexibility index (Phi) is 7.07. The van der Waals surface area contributed by atoms with Crippen molar-refractivity contribution in [1.29, 1.82) is 0 Å². The molecule has 0 bridgehead atoms. The van der Waals surface area contributed by atoms with Crippen molar-refractivity contribution in [1.82, 2.24) is 15.0 Å². The van der Waals surface area contributed by atoms with E-state index in [2.05, 4.69) is 37.0 Å². The van der Waals surface area contributed by atoms with E-state index in [4.69, 9.17) is 0 Å². The van der Waals surface area contributed by atoms with Crippen molar-refractivity contribution in [3.8, 4) is 11.4 Å². The molecule has 0 saturated carbocycles. The first-order chi connectivity index (χ1) is 13.7. The number of aromatic nitrogens is 3. The Morgan fingerprint density at radius 3 is 1.89 bits per heavy atom. The quantitative estimate of drug-likeness (QED) is 0.459. The number of hydrogen-bond donors (Lipinski definition) is 1. The van der Waals surface area contributed by atoms with Crippen LogP contribution in [-0.4, -0.2) is 20.1 Å². The first-order valence-corrected chi connectivity index (χ1v) is 10.9. The van der Waals surface area contributed by atoms with Crippen LogP contribution in [0.25, 0.3) is 16.7 Å². The molecule has 0 radical (unpaired) electrons. The van der Waals surface area contributed by atoms with Gasteiger partial charge in [0.1, 0.15) is 22.5 Å². The topological polar surface area (TPSA) is 50.9 Å². The fourth-order valence-electron chi connectivity index (χ4n) is 3.81. The molecule has 0 aliphatic heterocycles. The lowest BCUT2D eigenvalue weighted by Gasteiger charge is -2.19. The molecule has 0 aliphatic carbocycles. The highest BCUT2D eigenvalue weighted by molar-refractivity contribution is 5.74. The molecule has 28 heavy (non-hydrogen) atoms. The van der Waals surface area contributed by atoms with E-state index in [1.54, 1.807) is 4.80 Å². The van der Waals surface area contributed by atoms with Crippen LogP contribution in [-0.2, 0) is 19.3 Å². The molecule has 1 aromatic heterocycles. The number of aromatic hydroxyl groups is 1. The van der Waals surface area contributed by atoms with E-state index < -0.39 is 0 Å². The van der Waals surface area contributed by atoms with Gasteiger partial charge in [-0.2, -0.15) is 0 Å². The molecule has 0 amide bonds. The van der Waals surface area contributed by atoms with Gasteiger partial charge in [0, 0.05) is 0 Å². The summed E-state index contributed by atoms with van der Waals surface area (Å²) in [4.78, 5) is 1.62. The summed E-state index contributed by atoms with van der Waals surface area (Å²) in [6, 6.07) is 9.98. The van der Waals surface area contributed by atoms with Crippen LogP contribution < -0.4 is 0 Å². The maximum atomic E-state index is 11.2. The van der Waals surface area contributed by atoms with Gasteiger partial charge in [-0.05, 0) is 73.4 Å². The highest BCUT2D eigenvalue weighted by atomic mass is 16.3. The molecule has 1 heterocycles. The molecule has 3 aromatic rings. The molecule has 0 atom stereocenters. The highest BCUT2D eigenvalue weighted by Gasteiger charge is 2.19. The van der Waals surface area contributed by atoms with Gasteiger partial charge in [-0.15, -0.1) is 15.0 Å². The van der Waals surface area contributed by atoms with Gasteiger partial charge in [0.2, 0.25) is 0 Å². The Bertz CT molecular complexity index is 881. The average molecular weight is 380 g/mol. The average Bonchev–Trinajstić information content (AvgIpc) is 3.14. The summed E-state index contributed by atoms with van der Waals surface area (Å²) in [5, 5.41) is 20.5. The van der Waals surface area contributed by atoms with Gasteiger partial charge in [0.15, 0.2) is 0 Å². The minimum Gasteiger partial charge on any atom is -0.505 e. The summed E-state index contributed by atoms with van der Waals surface area (Å²) in [5.74, 6) is 0.361. The number of phenolic OH excluding ortho intramolecular Hbond substituents is 1. The molecule has 2 aromatic carbocycles. The number of benzene rings is 2. The van der Waals surface area contributed by atoms with E-state index in [9.17, 15) is 5.11 Å². The smallest absolute Gasteiger partial charge is 0.146 e. The van der Waals surface area contributed by atoms with Crippen LogP contribution in [0.4, 0.5) is 0 Å². The van der Waals surface area contributed by atoms with Gasteiger partial charge in [-0.25, -0.2) is 0 Å². The van der Waals surface area contributed by atoms with E-state index in [-0.39, 0.29) is 0 Å². The number of phenols is 1. The Balaban J connectivity index is 2.14. The lowest BCUT2D eigenvalue weighted by molar-refractivity contribution is 0.457. The second-order valence-electron chi connectivity index (χ2n) is 7.65. The second-order valence-corrected chi connectivity index (χ2v) is 7.65. The zero-order valence-electron chi connectivity index (χ0n) is 17.5. The fraction of sp³-hybridized carbons (Fsp3) is 0.500. The lowest BCUT2D eigenvalue weighted by atomic mass is 9.89. The molecule has 4 nitrogen and oxygen atoms in total. The minimum absolute atomic E-state index is 0.361. The Morgan fingerprint density at radius 2 is 1.32 bits per heavy atom. The third-order valence-corrected chi connectivity index (χ3v) is 5.45. The maximum Gasteiger partial charge on any atom is 0.146 e. The van der Waals surface area contributed by atoms with E-state index >= 15 is 0 Å². The Labute approximate surface area is 168 Å². The monoisotopic (exact) mass is 379 g/mol. The highest BCUT2D eigenvalue weighted by Crippen LogP contribution is 2.35. The van der Waals surface area contributed by atoms with Crippen molar-refractivity contribution in [2.75, 3.05) is 0 Å². The number of aryl methyl sites for hydroxylation is 1. The molecule has 0 fully saturated rings. The summed E-state index contributed by atoms with van der Waals surface area (Å²) >= 11 is 0. The molecule has 4 heteroatoms. The zero-order valence-corrected chi connectivity index (χ0v) is 17.5. The third kappa shape index (κ3) is 4.37. The molecule has 1 N–H and O–H groups in total. The number of unbranched alkanes of at least 4 members (excludes halogenated alkanes) is 3. The van der Waals surface area contributed by atoms with E-state index in [1.807, 2.05) is 24.3 Å². The summed E-state index contributed by atoms with van der Waals surface area (Å²) in [5.41, 5.74) is 6.25. The molecule has 3 rings (SSSR count). The van der Waals surface area contributed by atoms with Crippen molar-refractivity contribution >= 4 is 11.0 Å². The summed E-state index contributed by atoms with van der Waals surface area (Å²) in [6.07, 6.45) is 9.83. The van der Waals surface area contributed by atoms with Crippen LogP contribution in [0, 0.1) is 0 Å². The van der Waals surface area contributed by atoms with Gasteiger partial charge in [-0.1, -0.05) is 52.2 Å². The van der Waals surface area contributed by atoms with Gasteiger partial charge < -0.3 is 5.11 Å². The second kappa shape index (κ2) is 9.72. The molecule has 0 spiro atoms. The first-order valence-electron chi connectivity index (χ1n) is 10.9. The van der Waals surface area contributed by atoms with Crippen molar-refractivity contribution in [3.63, 3.8) is 0 Å². The molecule has 0 unspecified atom stereocenters. The largest absolute Gasteiger partial charge is 0.505 e. The predicted octanol–water partition coefficient (Wildman–Crippen LogP) is 6.15. The predicted molar refractivity (Wildman–Crippen MR) is 116 cm³/mol. The maximum absolute atomic E-state index is 11.2. The Hall–Kier alpha value is -2.36. The molecule has 150 valence electrons. The van der Waals surface area contributed by atoms with Crippen molar-refractivity contribution in [2.24, 2.45) is 0 Å². The Morgan fingerprint density at radius 1 is 0.786 bits per heavy atom. The first kappa shape index (κ1) is 20.4. The van der Waals surface area contributed by atoms with Gasteiger partial charge in [0.05, 0.1) is 0 Å². The third-order valence-electron chi connectivity index (χ3n) is 5.45. The van der Waals surface area contributed by atoms with Crippen LogP contribution in [0.15, 0.2) is 30.3 Å². The van der Waals surface area contributed by atoms with Crippen LogP contribution >= 0.6 is 0 Å². The SMILES string of the molecule is CCCCc1cc(-n2nc3ccccc3n2)c(O)c(CCCC)c1CCCC. The van der Waals surface area contributed by atoms with Gasteiger partial charge >= 0.3 is 0 Å². The zero-order chi connectivity index (χ0) is 19.9. The van der Waals surface area contributed by atoms with Crippen LogP contribution in [0.3, 0.4) is 0 Å². The van der Waals surface area contributed by atoms with Crippen LogP contribution in [0.5, 0.6) is 5.75 Å². The van der Waals surface area contributed by atoms with Crippen molar-refractivity contribution < 1.29 is 5.11 Å². The lowest BCUT2D eigenvalue weighted by Crippen LogP contribution is -2.08. The summed E-state index contributed by atoms with van der Waals surface area (Å²) in [7, 11) is 0. The number of hydrogen-bond acceptors (Lipinski definition) is 3. The van der Waals surface area contributed by atoms with E-state index in [0.717, 1.165) is 74.4 Å². The van der Waals surface area contributed by atoms with Crippen LogP contribution in [0.2, 0.25) is 0 Å².